The second-order valence-electron chi connectivity index (χ2n) is 5.30. The predicted molar refractivity (Wildman–Crippen MR) is 90.6 cm³/mol. The van der Waals surface area contributed by atoms with E-state index in [2.05, 4.69) is 15.5 Å². The summed E-state index contributed by atoms with van der Waals surface area (Å²) in [5.74, 6) is -1.05. The zero-order chi connectivity index (χ0) is 17.8. The van der Waals surface area contributed by atoms with Gasteiger partial charge in [0.15, 0.2) is 5.82 Å². The lowest BCUT2D eigenvalue weighted by atomic mass is 10.2. The SMILES string of the molecule is O=C(O)Cn1cc(C(=O)Nc2ccn(Cc3ccc(Cl)cc3)n2)cn1. The molecule has 0 saturated heterocycles. The average Bonchev–Trinajstić information content (AvgIpc) is 3.19. The molecule has 0 aliphatic heterocycles. The number of nitrogens with one attached hydrogen (secondary N) is 1. The molecule has 0 aliphatic carbocycles. The summed E-state index contributed by atoms with van der Waals surface area (Å²) in [7, 11) is 0. The van der Waals surface area contributed by atoms with Crippen molar-refractivity contribution in [2.24, 2.45) is 0 Å². The Kier molecular flexibility index (Phi) is 4.80. The molecule has 2 aromatic heterocycles. The molecule has 8 nitrogen and oxygen atoms in total. The third kappa shape index (κ3) is 4.45. The van der Waals surface area contributed by atoms with E-state index >= 15 is 0 Å². The minimum absolute atomic E-state index is 0.258. The fraction of sp³-hybridized carbons (Fsp3) is 0.125. The minimum Gasteiger partial charge on any atom is -0.480 e. The first kappa shape index (κ1) is 16.7. The molecule has 1 amide bonds. The van der Waals surface area contributed by atoms with Crippen LogP contribution >= 0.6 is 11.6 Å². The topological polar surface area (TPSA) is 102 Å². The maximum atomic E-state index is 12.1. The van der Waals surface area contributed by atoms with Gasteiger partial charge in [-0.05, 0) is 17.7 Å². The van der Waals surface area contributed by atoms with E-state index in [9.17, 15) is 9.59 Å². The molecule has 9 heteroatoms. The Morgan fingerprint density at radius 1 is 1.16 bits per heavy atom. The maximum absolute atomic E-state index is 12.1. The number of carboxylic acid groups (broad SMARTS) is 1. The molecule has 0 fully saturated rings. The summed E-state index contributed by atoms with van der Waals surface area (Å²) in [6, 6.07) is 9.09. The standard InChI is InChI=1S/C16H14ClN5O3/c17-13-3-1-11(2-4-13)8-21-6-5-14(20-21)19-16(25)12-7-18-22(9-12)10-15(23)24/h1-7,9H,8,10H2,(H,23,24)(H,19,20,25). The quantitative estimate of drug-likeness (QED) is 0.701. The van der Waals surface area contributed by atoms with Gasteiger partial charge in [0.05, 0.1) is 18.3 Å². The van der Waals surface area contributed by atoms with Crippen LogP contribution in [0.3, 0.4) is 0 Å². The molecule has 3 rings (SSSR count). The maximum Gasteiger partial charge on any atom is 0.325 e. The van der Waals surface area contributed by atoms with Gasteiger partial charge in [-0.1, -0.05) is 23.7 Å². The molecule has 0 spiro atoms. The fourth-order valence-electron chi connectivity index (χ4n) is 2.19. The molecule has 0 aliphatic rings. The van der Waals surface area contributed by atoms with Crippen LogP contribution in [0.15, 0.2) is 48.9 Å². The Morgan fingerprint density at radius 2 is 1.92 bits per heavy atom. The van der Waals surface area contributed by atoms with Crippen molar-refractivity contribution in [3.05, 3.63) is 65.1 Å². The Balaban J connectivity index is 1.62. The highest BCUT2D eigenvalue weighted by Crippen LogP contribution is 2.12. The van der Waals surface area contributed by atoms with E-state index in [0.717, 1.165) is 5.56 Å². The summed E-state index contributed by atoms with van der Waals surface area (Å²) in [6.45, 7) is 0.243. The van der Waals surface area contributed by atoms with Gasteiger partial charge >= 0.3 is 5.97 Å². The number of carboxylic acids is 1. The first-order valence-corrected chi connectivity index (χ1v) is 7.71. The largest absolute Gasteiger partial charge is 0.480 e. The summed E-state index contributed by atoms with van der Waals surface area (Å²) in [6.07, 6.45) is 4.43. The van der Waals surface area contributed by atoms with Crippen LogP contribution in [0, 0.1) is 0 Å². The predicted octanol–water partition coefficient (Wildman–Crippen LogP) is 2.12. The van der Waals surface area contributed by atoms with Crippen LogP contribution in [-0.2, 0) is 17.9 Å². The summed E-state index contributed by atoms with van der Waals surface area (Å²) in [5, 5.41) is 20.1. The molecule has 0 radical (unpaired) electrons. The van der Waals surface area contributed by atoms with Gasteiger partial charge in [-0.25, -0.2) is 0 Å². The van der Waals surface area contributed by atoms with Crippen LogP contribution < -0.4 is 5.32 Å². The van der Waals surface area contributed by atoms with Crippen molar-refractivity contribution >= 4 is 29.3 Å². The Labute approximate surface area is 147 Å². The lowest BCUT2D eigenvalue weighted by Crippen LogP contribution is -2.13. The normalized spacial score (nSPS) is 10.6. The number of hydrogen-bond acceptors (Lipinski definition) is 4. The Hall–Kier alpha value is -3.13. The van der Waals surface area contributed by atoms with Crippen molar-refractivity contribution in [3.8, 4) is 0 Å². The molecule has 0 bridgehead atoms. The van der Waals surface area contributed by atoms with E-state index in [1.165, 1.54) is 17.1 Å². The smallest absolute Gasteiger partial charge is 0.325 e. The van der Waals surface area contributed by atoms with E-state index in [4.69, 9.17) is 16.7 Å². The number of carbonyl (C=O) groups is 2. The van der Waals surface area contributed by atoms with Gasteiger partial charge in [0, 0.05) is 23.5 Å². The summed E-state index contributed by atoms with van der Waals surface area (Å²) < 4.78 is 2.86. The molecule has 3 aromatic rings. The second kappa shape index (κ2) is 7.18. The summed E-state index contributed by atoms with van der Waals surface area (Å²) in [4.78, 5) is 22.8. The Bertz CT molecular complexity index is 901. The molecule has 0 saturated carbocycles. The van der Waals surface area contributed by atoms with Crippen molar-refractivity contribution in [2.45, 2.75) is 13.1 Å². The second-order valence-corrected chi connectivity index (χ2v) is 5.74. The van der Waals surface area contributed by atoms with E-state index in [1.54, 1.807) is 29.1 Å². The van der Waals surface area contributed by atoms with Gasteiger partial charge < -0.3 is 10.4 Å². The first-order chi connectivity index (χ1) is 12.0. The van der Waals surface area contributed by atoms with E-state index in [0.29, 0.717) is 17.4 Å². The first-order valence-electron chi connectivity index (χ1n) is 7.33. The lowest BCUT2D eigenvalue weighted by Gasteiger charge is -2.02. The number of aliphatic carboxylic acids is 1. The molecular weight excluding hydrogens is 346 g/mol. The zero-order valence-corrected chi connectivity index (χ0v) is 13.7. The van der Waals surface area contributed by atoms with Crippen LogP contribution in [0.2, 0.25) is 5.02 Å². The number of nitrogens with zero attached hydrogens (tertiary/aromatic N) is 4. The molecule has 25 heavy (non-hydrogen) atoms. The third-order valence-electron chi connectivity index (χ3n) is 3.33. The average molecular weight is 360 g/mol. The Morgan fingerprint density at radius 3 is 2.64 bits per heavy atom. The van der Waals surface area contributed by atoms with Gasteiger partial charge in [0.25, 0.3) is 5.91 Å². The minimum atomic E-state index is -1.03. The number of aromatic nitrogens is 4. The van der Waals surface area contributed by atoms with Crippen molar-refractivity contribution in [3.63, 3.8) is 0 Å². The lowest BCUT2D eigenvalue weighted by molar-refractivity contribution is -0.137. The molecule has 2 N–H and O–H groups in total. The van der Waals surface area contributed by atoms with Crippen molar-refractivity contribution in [2.75, 3.05) is 5.32 Å². The molecule has 0 unspecified atom stereocenters. The monoisotopic (exact) mass is 359 g/mol. The summed E-state index contributed by atoms with van der Waals surface area (Å²) >= 11 is 5.85. The van der Waals surface area contributed by atoms with Gasteiger partial charge in [-0.2, -0.15) is 10.2 Å². The van der Waals surface area contributed by atoms with E-state index in [-0.39, 0.29) is 12.1 Å². The molecular formula is C16H14ClN5O3. The van der Waals surface area contributed by atoms with Crippen molar-refractivity contribution in [1.29, 1.82) is 0 Å². The van der Waals surface area contributed by atoms with Gasteiger partial charge in [0.2, 0.25) is 0 Å². The number of carbonyl (C=O) groups excluding carboxylic acids is 1. The number of rotatable bonds is 6. The van der Waals surface area contributed by atoms with Gasteiger partial charge in [-0.15, -0.1) is 0 Å². The van der Waals surface area contributed by atoms with Crippen LogP contribution in [0.5, 0.6) is 0 Å². The van der Waals surface area contributed by atoms with Crippen LogP contribution in [0.1, 0.15) is 15.9 Å². The molecule has 128 valence electrons. The third-order valence-corrected chi connectivity index (χ3v) is 3.58. The number of benzene rings is 1. The van der Waals surface area contributed by atoms with Crippen LogP contribution in [-0.4, -0.2) is 36.5 Å². The summed E-state index contributed by atoms with van der Waals surface area (Å²) in [5.41, 5.74) is 1.29. The number of hydrogen-bond donors (Lipinski definition) is 2. The van der Waals surface area contributed by atoms with Gasteiger partial charge in [-0.3, -0.25) is 19.0 Å². The van der Waals surface area contributed by atoms with Crippen LogP contribution in [0.25, 0.3) is 0 Å². The highest BCUT2D eigenvalue weighted by atomic mass is 35.5. The number of amides is 1. The molecule has 1 aromatic carbocycles. The number of halogens is 1. The zero-order valence-electron chi connectivity index (χ0n) is 13.0. The highest BCUT2D eigenvalue weighted by molar-refractivity contribution is 6.30. The molecule has 2 heterocycles. The van der Waals surface area contributed by atoms with Crippen molar-refractivity contribution < 1.29 is 14.7 Å². The highest BCUT2D eigenvalue weighted by Gasteiger charge is 2.11. The van der Waals surface area contributed by atoms with E-state index < -0.39 is 11.9 Å². The molecule has 0 atom stereocenters. The van der Waals surface area contributed by atoms with Gasteiger partial charge in [0.1, 0.15) is 6.54 Å². The number of anilines is 1. The van der Waals surface area contributed by atoms with Crippen molar-refractivity contribution in [1.82, 2.24) is 19.6 Å². The fourth-order valence-corrected chi connectivity index (χ4v) is 2.31. The van der Waals surface area contributed by atoms with E-state index in [1.807, 2.05) is 12.1 Å². The van der Waals surface area contributed by atoms with Crippen LogP contribution in [0.4, 0.5) is 5.82 Å².